The van der Waals surface area contributed by atoms with Crippen LogP contribution < -0.4 is 0 Å². The highest BCUT2D eigenvalue weighted by molar-refractivity contribution is 5.94. The lowest BCUT2D eigenvalue weighted by atomic mass is 9.98. The molecule has 2 rings (SSSR count). The van der Waals surface area contributed by atoms with E-state index in [0.29, 0.717) is 0 Å². The minimum absolute atomic E-state index is 0.212. The molecular weight excluding hydrogens is 204 g/mol. The Morgan fingerprint density at radius 3 is 2.56 bits per heavy atom. The number of ether oxygens (including phenoxy) is 1. The first-order chi connectivity index (χ1) is 7.75. The topological polar surface area (TPSA) is 43.4 Å². The van der Waals surface area contributed by atoms with Gasteiger partial charge in [-0.1, -0.05) is 30.3 Å². The summed E-state index contributed by atoms with van der Waals surface area (Å²) < 4.78 is 4.50. The standard InChI is InChI=1S/C13H14O3/c14-12-9-11(13(15)16-12)8-4-7-10-5-2-1-3-6-10/h1-3,5-6,11H,4,7-9H2/t11-/m1/s1. The lowest BCUT2D eigenvalue weighted by Crippen LogP contribution is -2.07. The van der Waals surface area contributed by atoms with Crippen LogP contribution in [0.5, 0.6) is 0 Å². The zero-order valence-electron chi connectivity index (χ0n) is 9.02. The van der Waals surface area contributed by atoms with Crippen LogP contribution in [-0.2, 0) is 20.7 Å². The Balaban J connectivity index is 1.76. The van der Waals surface area contributed by atoms with Gasteiger partial charge in [0, 0.05) is 0 Å². The van der Waals surface area contributed by atoms with Crippen LogP contribution in [0.2, 0.25) is 0 Å². The van der Waals surface area contributed by atoms with E-state index >= 15 is 0 Å². The number of carbonyl (C=O) groups is 2. The quantitative estimate of drug-likeness (QED) is 0.574. The van der Waals surface area contributed by atoms with E-state index in [4.69, 9.17) is 0 Å². The SMILES string of the molecule is O=C1C[C@@H](CCCc2ccccc2)C(=O)O1. The van der Waals surface area contributed by atoms with Crippen LogP contribution in [0.15, 0.2) is 30.3 Å². The summed E-state index contributed by atoms with van der Waals surface area (Å²) in [6.07, 6.45) is 2.85. The molecule has 0 aliphatic carbocycles. The first-order valence-corrected chi connectivity index (χ1v) is 5.54. The van der Waals surface area contributed by atoms with Crippen molar-refractivity contribution in [1.29, 1.82) is 0 Å². The van der Waals surface area contributed by atoms with E-state index in [9.17, 15) is 9.59 Å². The van der Waals surface area contributed by atoms with Crippen LogP contribution in [0, 0.1) is 5.92 Å². The number of esters is 2. The number of cyclic esters (lactones) is 2. The average molecular weight is 218 g/mol. The van der Waals surface area contributed by atoms with Gasteiger partial charge in [-0.05, 0) is 24.8 Å². The van der Waals surface area contributed by atoms with Crippen LogP contribution in [0.3, 0.4) is 0 Å². The predicted octanol–water partition coefficient (Wildman–Crippen LogP) is 2.10. The maximum absolute atomic E-state index is 11.2. The normalized spacial score (nSPS) is 19.9. The van der Waals surface area contributed by atoms with Gasteiger partial charge in [0.25, 0.3) is 0 Å². The maximum Gasteiger partial charge on any atom is 0.317 e. The van der Waals surface area contributed by atoms with Crippen LogP contribution in [0.25, 0.3) is 0 Å². The van der Waals surface area contributed by atoms with Crippen molar-refractivity contribution < 1.29 is 14.3 Å². The number of aryl methyl sites for hydroxylation is 1. The lowest BCUT2D eigenvalue weighted by molar-refractivity contribution is -0.153. The fraction of sp³-hybridized carbons (Fsp3) is 0.385. The van der Waals surface area contributed by atoms with Crippen LogP contribution in [0.4, 0.5) is 0 Å². The van der Waals surface area contributed by atoms with E-state index < -0.39 is 0 Å². The number of hydrogen-bond acceptors (Lipinski definition) is 3. The molecule has 0 unspecified atom stereocenters. The van der Waals surface area contributed by atoms with E-state index in [1.54, 1.807) is 0 Å². The summed E-state index contributed by atoms with van der Waals surface area (Å²) in [4.78, 5) is 22.0. The highest BCUT2D eigenvalue weighted by Crippen LogP contribution is 2.21. The van der Waals surface area contributed by atoms with Gasteiger partial charge in [0.2, 0.25) is 0 Å². The van der Waals surface area contributed by atoms with Crippen LogP contribution >= 0.6 is 0 Å². The minimum atomic E-state index is -0.380. The molecule has 1 aromatic carbocycles. The van der Waals surface area contributed by atoms with Crippen molar-refractivity contribution in [2.24, 2.45) is 5.92 Å². The van der Waals surface area contributed by atoms with E-state index in [-0.39, 0.29) is 24.3 Å². The van der Waals surface area contributed by atoms with Gasteiger partial charge in [-0.2, -0.15) is 0 Å². The van der Waals surface area contributed by atoms with Crippen molar-refractivity contribution in [1.82, 2.24) is 0 Å². The zero-order chi connectivity index (χ0) is 11.4. The summed E-state index contributed by atoms with van der Waals surface area (Å²) in [5.74, 6) is -0.941. The lowest BCUT2D eigenvalue weighted by Gasteiger charge is -2.04. The monoisotopic (exact) mass is 218 g/mol. The Kier molecular flexibility index (Phi) is 3.34. The van der Waals surface area contributed by atoms with Gasteiger partial charge in [0.05, 0.1) is 12.3 Å². The van der Waals surface area contributed by atoms with Crippen molar-refractivity contribution in [2.75, 3.05) is 0 Å². The summed E-state index contributed by atoms with van der Waals surface area (Å²) in [5.41, 5.74) is 1.26. The first-order valence-electron chi connectivity index (χ1n) is 5.54. The summed E-state index contributed by atoms with van der Waals surface area (Å²) in [6.45, 7) is 0. The molecule has 3 nitrogen and oxygen atoms in total. The molecule has 0 N–H and O–H groups in total. The predicted molar refractivity (Wildman–Crippen MR) is 58.6 cm³/mol. The van der Waals surface area contributed by atoms with Crippen molar-refractivity contribution in [3.8, 4) is 0 Å². The summed E-state index contributed by atoms with van der Waals surface area (Å²) in [7, 11) is 0. The zero-order valence-corrected chi connectivity index (χ0v) is 9.02. The highest BCUT2D eigenvalue weighted by Gasteiger charge is 2.32. The molecule has 0 amide bonds. The highest BCUT2D eigenvalue weighted by atomic mass is 16.6. The first kappa shape index (κ1) is 10.9. The Morgan fingerprint density at radius 1 is 1.19 bits per heavy atom. The summed E-state index contributed by atoms with van der Waals surface area (Å²) in [5, 5.41) is 0. The third-order valence-electron chi connectivity index (χ3n) is 2.82. The van der Waals surface area contributed by atoms with E-state index in [0.717, 1.165) is 19.3 Å². The number of rotatable bonds is 4. The molecular formula is C13H14O3. The molecule has 1 atom stereocenters. The Morgan fingerprint density at radius 2 is 1.94 bits per heavy atom. The molecule has 0 bridgehead atoms. The van der Waals surface area contributed by atoms with E-state index in [1.807, 2.05) is 18.2 Å². The molecule has 0 saturated carbocycles. The molecule has 3 heteroatoms. The second kappa shape index (κ2) is 4.92. The molecule has 1 saturated heterocycles. The van der Waals surface area contributed by atoms with Gasteiger partial charge in [-0.3, -0.25) is 9.59 Å². The summed E-state index contributed by atoms with van der Waals surface area (Å²) in [6, 6.07) is 10.1. The summed E-state index contributed by atoms with van der Waals surface area (Å²) >= 11 is 0. The minimum Gasteiger partial charge on any atom is -0.393 e. The van der Waals surface area contributed by atoms with Gasteiger partial charge in [-0.15, -0.1) is 0 Å². The van der Waals surface area contributed by atoms with Crippen LogP contribution in [-0.4, -0.2) is 11.9 Å². The molecule has 1 aromatic rings. The molecule has 84 valence electrons. The number of carbonyl (C=O) groups excluding carboxylic acids is 2. The van der Waals surface area contributed by atoms with Gasteiger partial charge in [-0.25, -0.2) is 0 Å². The van der Waals surface area contributed by atoms with Crippen molar-refractivity contribution in [3.63, 3.8) is 0 Å². The van der Waals surface area contributed by atoms with Crippen LogP contribution in [0.1, 0.15) is 24.8 Å². The molecule has 16 heavy (non-hydrogen) atoms. The fourth-order valence-electron chi connectivity index (χ4n) is 1.94. The number of hydrogen-bond donors (Lipinski definition) is 0. The molecule has 0 aromatic heterocycles. The second-order valence-corrected chi connectivity index (χ2v) is 4.07. The molecule has 0 spiro atoms. The Bertz CT molecular complexity index is 383. The smallest absolute Gasteiger partial charge is 0.317 e. The molecule has 1 fully saturated rings. The third-order valence-corrected chi connectivity index (χ3v) is 2.82. The van der Waals surface area contributed by atoms with Gasteiger partial charge < -0.3 is 4.74 Å². The number of benzene rings is 1. The second-order valence-electron chi connectivity index (χ2n) is 4.07. The molecule has 0 radical (unpaired) electrons. The van der Waals surface area contributed by atoms with Crippen molar-refractivity contribution in [2.45, 2.75) is 25.7 Å². The van der Waals surface area contributed by atoms with Gasteiger partial charge >= 0.3 is 11.9 Å². The van der Waals surface area contributed by atoms with Gasteiger partial charge in [0.15, 0.2) is 0 Å². The Hall–Kier alpha value is -1.64. The van der Waals surface area contributed by atoms with E-state index in [2.05, 4.69) is 16.9 Å². The largest absolute Gasteiger partial charge is 0.393 e. The third kappa shape index (κ3) is 2.69. The fourth-order valence-corrected chi connectivity index (χ4v) is 1.94. The average Bonchev–Trinajstić information content (AvgIpc) is 2.59. The van der Waals surface area contributed by atoms with Crippen molar-refractivity contribution >= 4 is 11.9 Å². The maximum atomic E-state index is 11.2. The van der Waals surface area contributed by atoms with E-state index in [1.165, 1.54) is 5.56 Å². The van der Waals surface area contributed by atoms with Crippen molar-refractivity contribution in [3.05, 3.63) is 35.9 Å². The van der Waals surface area contributed by atoms with Gasteiger partial charge in [0.1, 0.15) is 0 Å². The molecule has 1 heterocycles. The Labute approximate surface area is 94.4 Å². The molecule has 1 aliphatic heterocycles. The molecule has 1 aliphatic rings.